The van der Waals surface area contributed by atoms with E-state index in [2.05, 4.69) is 28.6 Å². The van der Waals surface area contributed by atoms with Gasteiger partial charge in [0.25, 0.3) is 0 Å². The van der Waals surface area contributed by atoms with Crippen LogP contribution in [-0.2, 0) is 9.53 Å². The molecule has 0 aliphatic carbocycles. The van der Waals surface area contributed by atoms with Gasteiger partial charge in [-0.05, 0) is 19.3 Å². The molecule has 1 amide bonds. The summed E-state index contributed by atoms with van der Waals surface area (Å²) in [5.74, 6) is 6.84. The molecule has 2 heterocycles. The Balaban J connectivity index is 1.80. The summed E-state index contributed by atoms with van der Waals surface area (Å²) in [5, 5.41) is 0. The molecule has 0 atom stereocenters. The van der Waals surface area contributed by atoms with E-state index in [0.717, 1.165) is 71.6 Å². The van der Waals surface area contributed by atoms with Crippen LogP contribution in [0.4, 0.5) is 0 Å². The molecule has 2 rings (SSSR count). The van der Waals surface area contributed by atoms with Crippen LogP contribution >= 0.6 is 0 Å². The van der Waals surface area contributed by atoms with Gasteiger partial charge in [0.1, 0.15) is 0 Å². The highest BCUT2D eigenvalue weighted by Crippen LogP contribution is 2.18. The first-order chi connectivity index (χ1) is 9.81. The smallest absolute Gasteiger partial charge is 0.225 e. The predicted octanol–water partition coefficient (Wildman–Crippen LogP) is 1.36. The van der Waals surface area contributed by atoms with E-state index in [9.17, 15) is 4.79 Å². The van der Waals surface area contributed by atoms with Gasteiger partial charge in [-0.15, -0.1) is 5.92 Å². The summed E-state index contributed by atoms with van der Waals surface area (Å²) in [5.41, 5.74) is 0. The minimum Gasteiger partial charge on any atom is -0.381 e. The Kier molecular flexibility index (Phi) is 6.35. The molecule has 112 valence electrons. The van der Waals surface area contributed by atoms with E-state index in [1.807, 2.05) is 0 Å². The van der Waals surface area contributed by atoms with Gasteiger partial charge < -0.3 is 9.64 Å². The Morgan fingerprint density at radius 1 is 1.15 bits per heavy atom. The molecule has 4 heteroatoms. The maximum atomic E-state index is 12.5. The molecular formula is C16H26N2O2. The highest BCUT2D eigenvalue weighted by atomic mass is 16.5. The van der Waals surface area contributed by atoms with Crippen LogP contribution in [0, 0.1) is 17.8 Å². The lowest BCUT2D eigenvalue weighted by Gasteiger charge is -2.28. The predicted molar refractivity (Wildman–Crippen MR) is 79.2 cm³/mol. The zero-order valence-corrected chi connectivity index (χ0v) is 12.6. The maximum Gasteiger partial charge on any atom is 0.225 e. The Morgan fingerprint density at radius 2 is 1.95 bits per heavy atom. The average Bonchev–Trinajstić information content (AvgIpc) is 2.73. The second-order valence-corrected chi connectivity index (χ2v) is 5.55. The van der Waals surface area contributed by atoms with Crippen LogP contribution in [0.3, 0.4) is 0 Å². The number of hydrogen-bond donors (Lipinski definition) is 0. The molecule has 0 aromatic carbocycles. The molecule has 2 saturated heterocycles. The van der Waals surface area contributed by atoms with E-state index < -0.39 is 0 Å². The average molecular weight is 278 g/mol. The molecule has 0 bridgehead atoms. The van der Waals surface area contributed by atoms with E-state index in [1.54, 1.807) is 0 Å². The van der Waals surface area contributed by atoms with Gasteiger partial charge in [0, 0.05) is 51.7 Å². The van der Waals surface area contributed by atoms with Crippen molar-refractivity contribution in [1.82, 2.24) is 9.80 Å². The van der Waals surface area contributed by atoms with Crippen molar-refractivity contribution in [3.8, 4) is 11.8 Å². The first kappa shape index (κ1) is 15.3. The number of nitrogens with zero attached hydrogens (tertiary/aromatic N) is 2. The van der Waals surface area contributed by atoms with Gasteiger partial charge in [0.05, 0.1) is 6.54 Å². The van der Waals surface area contributed by atoms with Gasteiger partial charge in [-0.2, -0.15) is 0 Å². The molecule has 2 aliphatic heterocycles. The highest BCUT2D eigenvalue weighted by Gasteiger charge is 2.27. The summed E-state index contributed by atoms with van der Waals surface area (Å²) in [6.45, 7) is 8.14. The number of carbonyl (C=O) groups is 1. The SMILES string of the molecule is CCC#CCN1CCCN(C(=O)C2CCOCC2)CC1. The number of ether oxygens (including phenoxy) is 1. The van der Waals surface area contributed by atoms with Crippen molar-refractivity contribution in [1.29, 1.82) is 0 Å². The van der Waals surface area contributed by atoms with Gasteiger partial charge in [0.2, 0.25) is 5.91 Å². The van der Waals surface area contributed by atoms with Crippen LogP contribution in [0.5, 0.6) is 0 Å². The molecule has 0 aromatic heterocycles. The van der Waals surface area contributed by atoms with Crippen LogP contribution in [0.15, 0.2) is 0 Å². The Labute approximate surface area is 122 Å². The standard InChI is InChI=1S/C16H26N2O2/c1-2-3-4-8-17-9-5-10-18(12-11-17)16(19)15-6-13-20-14-7-15/h15H,2,5-14H2,1H3. The molecule has 0 aromatic rings. The minimum absolute atomic E-state index is 0.190. The van der Waals surface area contributed by atoms with E-state index in [1.165, 1.54) is 0 Å². The second kappa shape index (κ2) is 8.28. The molecule has 2 fully saturated rings. The molecule has 4 nitrogen and oxygen atoms in total. The third kappa shape index (κ3) is 4.50. The molecule has 20 heavy (non-hydrogen) atoms. The number of carbonyl (C=O) groups excluding carboxylic acids is 1. The van der Waals surface area contributed by atoms with Crippen LogP contribution in [0.2, 0.25) is 0 Å². The van der Waals surface area contributed by atoms with Crippen molar-refractivity contribution in [3.63, 3.8) is 0 Å². The first-order valence-corrected chi connectivity index (χ1v) is 7.86. The second-order valence-electron chi connectivity index (χ2n) is 5.55. The van der Waals surface area contributed by atoms with Gasteiger partial charge >= 0.3 is 0 Å². The van der Waals surface area contributed by atoms with Crippen molar-refractivity contribution >= 4 is 5.91 Å². The third-order valence-electron chi connectivity index (χ3n) is 4.08. The molecule has 0 N–H and O–H groups in total. The molecule has 0 saturated carbocycles. The van der Waals surface area contributed by atoms with Crippen molar-refractivity contribution in [2.24, 2.45) is 5.92 Å². The van der Waals surface area contributed by atoms with Crippen LogP contribution in [0.1, 0.15) is 32.6 Å². The summed E-state index contributed by atoms with van der Waals surface area (Å²) in [4.78, 5) is 16.9. The lowest BCUT2D eigenvalue weighted by atomic mass is 9.98. The largest absolute Gasteiger partial charge is 0.381 e. The Bertz CT molecular complexity index is 366. The van der Waals surface area contributed by atoms with Crippen molar-refractivity contribution in [2.75, 3.05) is 45.9 Å². The van der Waals surface area contributed by atoms with Gasteiger partial charge in [-0.3, -0.25) is 9.69 Å². The van der Waals surface area contributed by atoms with Crippen LogP contribution in [-0.4, -0.2) is 61.6 Å². The number of rotatable bonds is 2. The fourth-order valence-electron chi connectivity index (χ4n) is 2.84. The maximum absolute atomic E-state index is 12.5. The number of hydrogen-bond acceptors (Lipinski definition) is 3. The van der Waals surface area contributed by atoms with Crippen molar-refractivity contribution in [2.45, 2.75) is 32.6 Å². The van der Waals surface area contributed by atoms with E-state index in [-0.39, 0.29) is 5.92 Å². The Hall–Kier alpha value is -1.05. The number of amides is 1. The topological polar surface area (TPSA) is 32.8 Å². The summed E-state index contributed by atoms with van der Waals surface area (Å²) >= 11 is 0. The lowest BCUT2D eigenvalue weighted by Crippen LogP contribution is -2.40. The summed E-state index contributed by atoms with van der Waals surface area (Å²) in [6, 6.07) is 0. The van der Waals surface area contributed by atoms with E-state index >= 15 is 0 Å². The summed E-state index contributed by atoms with van der Waals surface area (Å²) in [7, 11) is 0. The Morgan fingerprint density at radius 3 is 2.70 bits per heavy atom. The van der Waals surface area contributed by atoms with E-state index in [0.29, 0.717) is 5.91 Å². The van der Waals surface area contributed by atoms with Gasteiger partial charge in [0.15, 0.2) is 0 Å². The van der Waals surface area contributed by atoms with Gasteiger partial charge in [-0.25, -0.2) is 0 Å². The third-order valence-corrected chi connectivity index (χ3v) is 4.08. The molecule has 0 unspecified atom stereocenters. The van der Waals surface area contributed by atoms with E-state index in [4.69, 9.17) is 4.74 Å². The fourth-order valence-corrected chi connectivity index (χ4v) is 2.84. The zero-order chi connectivity index (χ0) is 14.2. The molecular weight excluding hydrogens is 252 g/mol. The first-order valence-electron chi connectivity index (χ1n) is 7.86. The normalized spacial score (nSPS) is 21.9. The van der Waals surface area contributed by atoms with Crippen molar-refractivity contribution in [3.05, 3.63) is 0 Å². The highest BCUT2D eigenvalue weighted by molar-refractivity contribution is 5.79. The van der Waals surface area contributed by atoms with Gasteiger partial charge in [-0.1, -0.05) is 12.8 Å². The monoisotopic (exact) mass is 278 g/mol. The zero-order valence-electron chi connectivity index (χ0n) is 12.6. The minimum atomic E-state index is 0.190. The summed E-state index contributed by atoms with van der Waals surface area (Å²) in [6.07, 6.45) is 3.76. The lowest BCUT2D eigenvalue weighted by molar-refractivity contribution is -0.138. The van der Waals surface area contributed by atoms with Crippen molar-refractivity contribution < 1.29 is 9.53 Å². The molecule has 0 radical (unpaired) electrons. The fraction of sp³-hybridized carbons (Fsp3) is 0.812. The van der Waals surface area contributed by atoms with Crippen LogP contribution < -0.4 is 0 Å². The van der Waals surface area contributed by atoms with Crippen LogP contribution in [0.25, 0.3) is 0 Å². The molecule has 2 aliphatic rings. The molecule has 0 spiro atoms. The quantitative estimate of drug-likeness (QED) is 0.715. The summed E-state index contributed by atoms with van der Waals surface area (Å²) < 4.78 is 5.34.